The Morgan fingerprint density at radius 3 is 2.47 bits per heavy atom. The van der Waals surface area contributed by atoms with Gasteiger partial charge in [-0.05, 0) is 57.2 Å². The Hall–Kier alpha value is -1.54. The van der Waals surface area contributed by atoms with E-state index in [1.54, 1.807) is 6.07 Å². The number of aliphatic hydroxyl groups is 1. The van der Waals surface area contributed by atoms with Crippen molar-refractivity contribution < 1.29 is 10.2 Å². The Kier molecular flexibility index (Phi) is 6.37. The second-order valence-electron chi connectivity index (χ2n) is 5.20. The van der Waals surface area contributed by atoms with E-state index in [1.807, 2.05) is 12.1 Å². The molecule has 0 heterocycles. The molecular formula is C17H24O2. The highest BCUT2D eigenvalue weighted by molar-refractivity contribution is 5.37. The van der Waals surface area contributed by atoms with Crippen molar-refractivity contribution in [3.63, 3.8) is 0 Å². The molecular weight excluding hydrogens is 236 g/mol. The molecule has 2 heteroatoms. The molecule has 0 spiro atoms. The van der Waals surface area contributed by atoms with Gasteiger partial charge < -0.3 is 10.2 Å². The van der Waals surface area contributed by atoms with Crippen molar-refractivity contribution in [2.24, 2.45) is 0 Å². The topological polar surface area (TPSA) is 40.5 Å². The maximum absolute atomic E-state index is 9.83. The SMILES string of the molecule is CC(C)=CCC/C(C)=C/Cc1ccc(CO)cc1O. The summed E-state index contributed by atoms with van der Waals surface area (Å²) in [5.41, 5.74) is 4.33. The highest BCUT2D eigenvalue weighted by Gasteiger charge is 2.01. The Morgan fingerprint density at radius 1 is 1.16 bits per heavy atom. The van der Waals surface area contributed by atoms with Gasteiger partial charge in [-0.1, -0.05) is 35.4 Å². The molecule has 1 aromatic carbocycles. The van der Waals surface area contributed by atoms with Gasteiger partial charge in [0.1, 0.15) is 5.75 Å². The summed E-state index contributed by atoms with van der Waals surface area (Å²) in [5.74, 6) is 0.264. The molecule has 0 saturated heterocycles. The zero-order valence-electron chi connectivity index (χ0n) is 12.1. The first-order valence-electron chi connectivity index (χ1n) is 6.73. The molecule has 1 aromatic rings. The maximum Gasteiger partial charge on any atom is 0.119 e. The van der Waals surface area contributed by atoms with Crippen molar-refractivity contribution in [3.05, 3.63) is 52.6 Å². The lowest BCUT2D eigenvalue weighted by Gasteiger charge is -2.05. The first-order valence-corrected chi connectivity index (χ1v) is 6.73. The summed E-state index contributed by atoms with van der Waals surface area (Å²) in [7, 11) is 0. The van der Waals surface area contributed by atoms with E-state index in [1.165, 1.54) is 11.1 Å². The average Bonchev–Trinajstić information content (AvgIpc) is 2.36. The second kappa shape index (κ2) is 7.80. The van der Waals surface area contributed by atoms with Crippen LogP contribution in [0, 0.1) is 0 Å². The van der Waals surface area contributed by atoms with Crippen LogP contribution >= 0.6 is 0 Å². The highest BCUT2D eigenvalue weighted by atomic mass is 16.3. The lowest BCUT2D eigenvalue weighted by atomic mass is 10.0. The molecule has 2 N–H and O–H groups in total. The predicted octanol–water partition coefficient (Wildman–Crippen LogP) is 4.12. The van der Waals surface area contributed by atoms with E-state index in [-0.39, 0.29) is 12.4 Å². The van der Waals surface area contributed by atoms with Crippen LogP contribution in [0.15, 0.2) is 41.5 Å². The maximum atomic E-state index is 9.83. The van der Waals surface area contributed by atoms with Crippen LogP contribution in [0.5, 0.6) is 5.75 Å². The van der Waals surface area contributed by atoms with E-state index in [0.717, 1.165) is 30.4 Å². The van der Waals surface area contributed by atoms with Gasteiger partial charge in [0.05, 0.1) is 6.61 Å². The van der Waals surface area contributed by atoms with Crippen molar-refractivity contribution in [2.75, 3.05) is 0 Å². The highest BCUT2D eigenvalue weighted by Crippen LogP contribution is 2.20. The van der Waals surface area contributed by atoms with Crippen LogP contribution in [0.2, 0.25) is 0 Å². The van der Waals surface area contributed by atoms with Crippen LogP contribution in [0.4, 0.5) is 0 Å². The standard InChI is InChI=1S/C17H24O2/c1-13(2)5-4-6-14(3)7-9-16-10-8-15(12-18)11-17(16)19/h5,7-8,10-11,18-19H,4,6,9,12H2,1-3H3/b14-7+. The molecule has 0 bridgehead atoms. The van der Waals surface area contributed by atoms with Gasteiger partial charge >= 0.3 is 0 Å². The number of benzene rings is 1. The molecule has 2 nitrogen and oxygen atoms in total. The third-order valence-electron chi connectivity index (χ3n) is 3.09. The van der Waals surface area contributed by atoms with Crippen LogP contribution in [0.3, 0.4) is 0 Å². The third-order valence-corrected chi connectivity index (χ3v) is 3.09. The van der Waals surface area contributed by atoms with E-state index in [2.05, 4.69) is 32.9 Å². The fraction of sp³-hybridized carbons (Fsp3) is 0.412. The van der Waals surface area contributed by atoms with Crippen LogP contribution in [0.1, 0.15) is 44.7 Å². The number of phenolic OH excluding ortho intramolecular Hbond substituents is 1. The van der Waals surface area contributed by atoms with E-state index in [9.17, 15) is 5.11 Å². The summed E-state index contributed by atoms with van der Waals surface area (Å²) >= 11 is 0. The Labute approximate surface area is 116 Å². The summed E-state index contributed by atoms with van der Waals surface area (Å²) in [5, 5.41) is 18.8. The van der Waals surface area contributed by atoms with E-state index >= 15 is 0 Å². The molecule has 0 radical (unpaired) electrons. The van der Waals surface area contributed by atoms with Gasteiger partial charge in [0.2, 0.25) is 0 Å². The molecule has 19 heavy (non-hydrogen) atoms. The summed E-state index contributed by atoms with van der Waals surface area (Å²) in [6.07, 6.45) is 7.26. The zero-order chi connectivity index (χ0) is 14.3. The fourth-order valence-electron chi connectivity index (χ4n) is 1.86. The molecule has 0 unspecified atom stereocenters. The average molecular weight is 260 g/mol. The smallest absolute Gasteiger partial charge is 0.119 e. The number of rotatable bonds is 6. The monoisotopic (exact) mass is 260 g/mol. The normalized spacial score (nSPS) is 11.5. The van der Waals surface area contributed by atoms with Crippen molar-refractivity contribution in [1.29, 1.82) is 0 Å². The largest absolute Gasteiger partial charge is 0.508 e. The lowest BCUT2D eigenvalue weighted by molar-refractivity contribution is 0.281. The van der Waals surface area contributed by atoms with E-state index < -0.39 is 0 Å². The molecule has 0 aliphatic heterocycles. The van der Waals surface area contributed by atoms with Crippen LogP contribution < -0.4 is 0 Å². The number of aromatic hydroxyl groups is 1. The minimum absolute atomic E-state index is 0.0363. The van der Waals surface area contributed by atoms with Gasteiger partial charge in [0.25, 0.3) is 0 Å². The number of phenols is 1. The molecule has 0 aromatic heterocycles. The first kappa shape index (κ1) is 15.5. The van der Waals surface area contributed by atoms with Crippen LogP contribution in [-0.2, 0) is 13.0 Å². The Balaban J connectivity index is 2.57. The van der Waals surface area contributed by atoms with Crippen molar-refractivity contribution in [1.82, 2.24) is 0 Å². The fourth-order valence-corrected chi connectivity index (χ4v) is 1.86. The molecule has 0 saturated carbocycles. The van der Waals surface area contributed by atoms with E-state index in [4.69, 9.17) is 5.11 Å². The number of hydrogen-bond acceptors (Lipinski definition) is 2. The summed E-state index contributed by atoms with van der Waals surface area (Å²) < 4.78 is 0. The zero-order valence-corrected chi connectivity index (χ0v) is 12.1. The van der Waals surface area contributed by atoms with Gasteiger partial charge in [-0.15, -0.1) is 0 Å². The van der Waals surface area contributed by atoms with Crippen LogP contribution in [-0.4, -0.2) is 10.2 Å². The Bertz CT molecular complexity index is 466. The van der Waals surface area contributed by atoms with Gasteiger partial charge in [-0.25, -0.2) is 0 Å². The minimum Gasteiger partial charge on any atom is -0.508 e. The molecule has 0 aliphatic rings. The van der Waals surface area contributed by atoms with Gasteiger partial charge in [0.15, 0.2) is 0 Å². The van der Waals surface area contributed by atoms with E-state index in [0.29, 0.717) is 0 Å². The lowest BCUT2D eigenvalue weighted by Crippen LogP contribution is -1.88. The Morgan fingerprint density at radius 2 is 1.89 bits per heavy atom. The van der Waals surface area contributed by atoms with Gasteiger partial charge in [-0.3, -0.25) is 0 Å². The quantitative estimate of drug-likeness (QED) is 0.755. The summed E-state index contributed by atoms with van der Waals surface area (Å²) in [6.45, 7) is 6.31. The molecule has 104 valence electrons. The molecule has 1 rings (SSSR count). The van der Waals surface area contributed by atoms with Crippen LogP contribution in [0.25, 0.3) is 0 Å². The third kappa shape index (κ3) is 5.75. The summed E-state index contributed by atoms with van der Waals surface area (Å²) in [4.78, 5) is 0. The van der Waals surface area contributed by atoms with Gasteiger partial charge in [0, 0.05) is 0 Å². The molecule has 0 fully saturated rings. The molecule has 0 aliphatic carbocycles. The van der Waals surface area contributed by atoms with Crippen molar-refractivity contribution in [3.8, 4) is 5.75 Å². The predicted molar refractivity (Wildman–Crippen MR) is 80.2 cm³/mol. The molecule has 0 amide bonds. The second-order valence-corrected chi connectivity index (χ2v) is 5.20. The van der Waals surface area contributed by atoms with Crippen molar-refractivity contribution in [2.45, 2.75) is 46.6 Å². The number of hydrogen-bond donors (Lipinski definition) is 2. The number of aliphatic hydroxyl groups excluding tert-OH is 1. The molecule has 0 atom stereocenters. The minimum atomic E-state index is -0.0363. The number of allylic oxidation sites excluding steroid dienone is 4. The van der Waals surface area contributed by atoms with Crippen molar-refractivity contribution >= 4 is 0 Å². The van der Waals surface area contributed by atoms with Gasteiger partial charge in [-0.2, -0.15) is 0 Å². The summed E-state index contributed by atoms with van der Waals surface area (Å²) in [6, 6.07) is 5.35. The first-order chi connectivity index (χ1) is 9.02.